The molecule has 3 aromatic rings. The number of carbonyl (C=O) groups excluding carboxylic acids is 2. The molecule has 174 valence electrons. The average Bonchev–Trinajstić information content (AvgIpc) is 2.88. The highest BCUT2D eigenvalue weighted by atomic mass is 16.5. The Morgan fingerprint density at radius 1 is 1.12 bits per heavy atom. The Kier molecular flexibility index (Phi) is 7.17. The van der Waals surface area contributed by atoms with E-state index in [0.29, 0.717) is 36.0 Å². The largest absolute Gasteiger partial charge is 0.457 e. The van der Waals surface area contributed by atoms with Crippen molar-refractivity contribution in [2.24, 2.45) is 5.92 Å². The number of hydrogen-bond donors (Lipinski definition) is 2. The first-order chi connectivity index (χ1) is 16.5. The van der Waals surface area contributed by atoms with Gasteiger partial charge in [0.05, 0.1) is 0 Å². The molecule has 1 aromatic heterocycles. The van der Waals surface area contributed by atoms with E-state index in [4.69, 9.17) is 10.5 Å². The number of carbonyl (C=O) groups is 2. The van der Waals surface area contributed by atoms with E-state index in [1.165, 1.54) is 12.4 Å². The number of likely N-dealkylation sites (tertiary alicyclic amines) is 1. The van der Waals surface area contributed by atoms with Crippen molar-refractivity contribution in [1.82, 2.24) is 14.9 Å². The van der Waals surface area contributed by atoms with E-state index in [2.05, 4.69) is 21.9 Å². The molecule has 8 heteroatoms. The van der Waals surface area contributed by atoms with Gasteiger partial charge in [-0.05, 0) is 61.2 Å². The molecule has 0 spiro atoms. The van der Waals surface area contributed by atoms with Crippen LogP contribution >= 0.6 is 0 Å². The summed E-state index contributed by atoms with van der Waals surface area (Å²) < 4.78 is 5.80. The highest BCUT2D eigenvalue weighted by Gasteiger charge is 2.24. The number of anilines is 2. The molecule has 1 saturated heterocycles. The second-order valence-electron chi connectivity index (χ2n) is 8.13. The molecule has 0 aliphatic carbocycles. The van der Waals surface area contributed by atoms with Crippen LogP contribution in [-0.2, 0) is 4.79 Å². The summed E-state index contributed by atoms with van der Waals surface area (Å²) in [7, 11) is 0. The van der Waals surface area contributed by atoms with E-state index >= 15 is 0 Å². The predicted molar refractivity (Wildman–Crippen MR) is 131 cm³/mol. The molecule has 3 N–H and O–H groups in total. The molecule has 1 amide bonds. The number of amides is 1. The Morgan fingerprint density at radius 2 is 1.85 bits per heavy atom. The van der Waals surface area contributed by atoms with Crippen LogP contribution in [-0.4, -0.2) is 46.2 Å². The van der Waals surface area contributed by atoms with Gasteiger partial charge in [-0.15, -0.1) is 0 Å². The van der Waals surface area contributed by atoms with Crippen LogP contribution in [0.2, 0.25) is 0 Å². The number of ether oxygens (including phenoxy) is 1. The Morgan fingerprint density at radius 3 is 2.59 bits per heavy atom. The molecule has 1 fully saturated rings. The first-order valence-corrected chi connectivity index (χ1v) is 11.2. The summed E-state index contributed by atoms with van der Waals surface area (Å²) >= 11 is 0. The third kappa shape index (κ3) is 5.40. The number of benzene rings is 2. The molecule has 0 radical (unpaired) electrons. The smallest absolute Gasteiger partial charge is 0.245 e. The van der Waals surface area contributed by atoms with Crippen molar-refractivity contribution in [2.75, 3.05) is 30.7 Å². The van der Waals surface area contributed by atoms with Gasteiger partial charge in [-0.3, -0.25) is 9.59 Å². The zero-order chi connectivity index (χ0) is 23.9. The normalized spacial score (nSPS) is 15.4. The second-order valence-corrected chi connectivity index (χ2v) is 8.13. The van der Waals surface area contributed by atoms with Crippen LogP contribution in [0.5, 0.6) is 11.5 Å². The number of para-hydroxylation sites is 1. The highest BCUT2D eigenvalue weighted by molar-refractivity contribution is 6.14. The first-order valence-electron chi connectivity index (χ1n) is 11.2. The zero-order valence-corrected chi connectivity index (χ0v) is 18.8. The number of nitrogens with two attached hydrogens (primary N) is 1. The van der Waals surface area contributed by atoms with Crippen LogP contribution in [0.3, 0.4) is 0 Å². The summed E-state index contributed by atoms with van der Waals surface area (Å²) in [6.45, 7) is 5.49. The van der Waals surface area contributed by atoms with Crippen LogP contribution in [0.4, 0.5) is 11.6 Å². The molecule has 0 saturated carbocycles. The molecule has 4 rings (SSSR count). The van der Waals surface area contributed by atoms with Crippen molar-refractivity contribution in [3.8, 4) is 11.5 Å². The average molecular weight is 458 g/mol. The van der Waals surface area contributed by atoms with Gasteiger partial charge >= 0.3 is 0 Å². The zero-order valence-electron chi connectivity index (χ0n) is 18.8. The highest BCUT2D eigenvalue weighted by Crippen LogP contribution is 2.26. The first kappa shape index (κ1) is 23.0. The van der Waals surface area contributed by atoms with Gasteiger partial charge in [0, 0.05) is 25.2 Å². The molecule has 1 atom stereocenters. The van der Waals surface area contributed by atoms with E-state index in [0.717, 1.165) is 19.4 Å². The molecule has 2 heterocycles. The molecule has 0 unspecified atom stereocenters. The van der Waals surface area contributed by atoms with E-state index in [1.54, 1.807) is 29.2 Å². The molecule has 0 bridgehead atoms. The fourth-order valence-electron chi connectivity index (χ4n) is 4.00. The SMILES string of the molecule is C=CC(=O)N1CCC[C@H](CNc2ncnc(N)c2C(=O)c2ccc(Oc3ccccc3)cc2)C1. The maximum atomic E-state index is 13.3. The van der Waals surface area contributed by atoms with Gasteiger partial charge in [-0.1, -0.05) is 24.8 Å². The quantitative estimate of drug-likeness (QED) is 0.390. The van der Waals surface area contributed by atoms with Crippen LogP contribution in [0.25, 0.3) is 0 Å². The van der Waals surface area contributed by atoms with Gasteiger partial charge in [0.1, 0.15) is 35.0 Å². The van der Waals surface area contributed by atoms with E-state index in [1.807, 2.05) is 30.3 Å². The lowest BCUT2D eigenvalue weighted by Crippen LogP contribution is -2.41. The minimum atomic E-state index is -0.279. The van der Waals surface area contributed by atoms with Gasteiger partial charge in [0.2, 0.25) is 5.91 Å². The van der Waals surface area contributed by atoms with Crippen molar-refractivity contribution in [2.45, 2.75) is 12.8 Å². The topological polar surface area (TPSA) is 110 Å². The third-order valence-electron chi connectivity index (χ3n) is 5.76. The molecule has 2 aromatic carbocycles. The molecule has 1 aliphatic heterocycles. The minimum Gasteiger partial charge on any atom is -0.457 e. The van der Waals surface area contributed by atoms with Gasteiger partial charge in [0.25, 0.3) is 0 Å². The van der Waals surface area contributed by atoms with Gasteiger partial charge < -0.3 is 20.7 Å². The number of piperidine rings is 1. The number of aromatic nitrogens is 2. The molecule has 34 heavy (non-hydrogen) atoms. The van der Waals surface area contributed by atoms with Crippen molar-refractivity contribution >= 4 is 23.3 Å². The summed E-state index contributed by atoms with van der Waals surface area (Å²) in [4.78, 5) is 35.3. The Bertz CT molecular complexity index is 1160. The van der Waals surface area contributed by atoms with Crippen molar-refractivity contribution < 1.29 is 14.3 Å². The summed E-state index contributed by atoms with van der Waals surface area (Å²) in [5.74, 6) is 1.71. The maximum absolute atomic E-state index is 13.3. The van der Waals surface area contributed by atoms with E-state index in [-0.39, 0.29) is 29.0 Å². The Labute approximate surface area is 198 Å². The van der Waals surface area contributed by atoms with Crippen LogP contribution in [0, 0.1) is 5.92 Å². The summed E-state index contributed by atoms with van der Waals surface area (Å²) in [5, 5.41) is 3.26. The number of ketones is 1. The number of rotatable bonds is 8. The van der Waals surface area contributed by atoms with E-state index in [9.17, 15) is 9.59 Å². The molecule has 1 aliphatic rings. The predicted octanol–water partition coefficient (Wildman–Crippen LogP) is 3.92. The Hall–Kier alpha value is -4.20. The van der Waals surface area contributed by atoms with Gasteiger partial charge in [0.15, 0.2) is 5.78 Å². The lowest BCUT2D eigenvalue weighted by Gasteiger charge is -2.32. The maximum Gasteiger partial charge on any atom is 0.245 e. The monoisotopic (exact) mass is 457 g/mol. The van der Waals surface area contributed by atoms with Crippen molar-refractivity contribution in [3.63, 3.8) is 0 Å². The number of nitrogens with zero attached hydrogens (tertiary/aromatic N) is 3. The molecular weight excluding hydrogens is 430 g/mol. The van der Waals surface area contributed by atoms with Crippen molar-refractivity contribution in [3.05, 3.63) is 84.7 Å². The summed E-state index contributed by atoms with van der Waals surface area (Å²) in [6.07, 6.45) is 4.56. The summed E-state index contributed by atoms with van der Waals surface area (Å²) in [6, 6.07) is 16.3. The lowest BCUT2D eigenvalue weighted by atomic mass is 9.97. The minimum absolute atomic E-state index is 0.0634. The lowest BCUT2D eigenvalue weighted by molar-refractivity contribution is -0.127. The molecule has 8 nitrogen and oxygen atoms in total. The summed E-state index contributed by atoms with van der Waals surface area (Å²) in [5.41, 5.74) is 6.76. The van der Waals surface area contributed by atoms with Gasteiger partial charge in [-0.25, -0.2) is 9.97 Å². The standard InChI is InChI=1S/C26H27N5O3/c1-2-22(32)31-14-6-7-18(16-31)15-28-26-23(25(27)29-17-30-26)24(33)19-10-12-21(13-11-19)34-20-8-4-3-5-9-20/h2-5,8-13,17-18H,1,6-7,14-16H2,(H3,27,28,29,30)/t18-/m1/s1. The number of nitrogen functional groups attached to an aromatic ring is 1. The second kappa shape index (κ2) is 10.6. The van der Waals surface area contributed by atoms with Gasteiger partial charge in [-0.2, -0.15) is 0 Å². The van der Waals surface area contributed by atoms with Crippen LogP contribution in [0.15, 0.2) is 73.6 Å². The van der Waals surface area contributed by atoms with Crippen LogP contribution < -0.4 is 15.8 Å². The number of hydrogen-bond acceptors (Lipinski definition) is 7. The van der Waals surface area contributed by atoms with Crippen LogP contribution in [0.1, 0.15) is 28.8 Å². The third-order valence-corrected chi connectivity index (χ3v) is 5.76. The Balaban J connectivity index is 1.46. The fraction of sp³-hybridized carbons (Fsp3) is 0.231. The van der Waals surface area contributed by atoms with E-state index < -0.39 is 0 Å². The molecular formula is C26H27N5O3. The number of nitrogens with one attached hydrogen (secondary N) is 1. The fourth-order valence-corrected chi connectivity index (χ4v) is 4.00. The van der Waals surface area contributed by atoms with Crippen molar-refractivity contribution in [1.29, 1.82) is 0 Å².